The predicted octanol–water partition coefficient (Wildman–Crippen LogP) is 5.10. The average Bonchev–Trinajstić information content (AvgIpc) is 2.68. The van der Waals surface area contributed by atoms with Crippen LogP contribution in [0.5, 0.6) is 0 Å². The van der Waals surface area contributed by atoms with Gasteiger partial charge in [0.25, 0.3) is 0 Å². The fraction of sp³-hybridized carbons (Fsp3) is 0.111. The Balaban J connectivity index is 2.24. The predicted molar refractivity (Wildman–Crippen MR) is 77.9 cm³/mol. The van der Waals surface area contributed by atoms with Gasteiger partial charge in [-0.2, -0.15) is 0 Å². The highest BCUT2D eigenvalue weighted by atomic mass is 14.2. The highest BCUT2D eigenvalue weighted by molar-refractivity contribution is 6.15. The van der Waals surface area contributed by atoms with Crippen molar-refractivity contribution in [2.75, 3.05) is 0 Å². The lowest BCUT2D eigenvalue weighted by atomic mass is 9.98. The summed E-state index contributed by atoms with van der Waals surface area (Å²) in [7, 11) is 0. The largest absolute Gasteiger partial charge is 0.0610 e. The molecule has 1 aliphatic carbocycles. The lowest BCUT2D eigenvalue weighted by Crippen LogP contribution is -1.84. The maximum atomic E-state index is 2.33. The zero-order chi connectivity index (χ0) is 12.3. The topological polar surface area (TPSA) is 0 Å². The third-order valence-corrected chi connectivity index (χ3v) is 4.12. The van der Waals surface area contributed by atoms with Crippen LogP contribution < -0.4 is 0 Å². The van der Waals surface area contributed by atoms with Gasteiger partial charge >= 0.3 is 0 Å². The molecule has 18 heavy (non-hydrogen) atoms. The van der Waals surface area contributed by atoms with Crippen molar-refractivity contribution in [1.82, 2.24) is 0 Å². The zero-order valence-electron chi connectivity index (χ0n) is 10.6. The average molecular weight is 230 g/mol. The number of hydrogen-bond acceptors (Lipinski definition) is 0. The summed E-state index contributed by atoms with van der Waals surface area (Å²) < 4.78 is 0. The summed E-state index contributed by atoms with van der Waals surface area (Å²) in [6.07, 6.45) is 0. The van der Waals surface area contributed by atoms with E-state index in [9.17, 15) is 0 Å². The van der Waals surface area contributed by atoms with E-state index in [1.54, 1.807) is 0 Å². The summed E-state index contributed by atoms with van der Waals surface area (Å²) >= 11 is 0. The molecule has 0 N–H and O–H groups in total. The van der Waals surface area contributed by atoms with Gasteiger partial charge in [-0.3, -0.25) is 0 Å². The summed E-state index contributed by atoms with van der Waals surface area (Å²) in [5.74, 6) is 0. The maximum Gasteiger partial charge on any atom is -0.00264 e. The highest BCUT2D eigenvalue weighted by Gasteiger charge is 2.21. The standard InChI is InChI=1S/C18H14/c1-11-9-16-14-7-3-5-13-6-4-8-15(18(13)14)17(16)10-12(11)2/h3-10H,1-2H3. The fourth-order valence-corrected chi connectivity index (χ4v) is 3.05. The van der Waals surface area contributed by atoms with Crippen LogP contribution in [0, 0.1) is 13.8 Å². The van der Waals surface area contributed by atoms with Crippen molar-refractivity contribution in [3.05, 3.63) is 59.7 Å². The normalized spacial score (nSPS) is 11.9. The van der Waals surface area contributed by atoms with Crippen molar-refractivity contribution in [2.24, 2.45) is 0 Å². The van der Waals surface area contributed by atoms with E-state index in [-0.39, 0.29) is 0 Å². The summed E-state index contributed by atoms with van der Waals surface area (Å²) in [6.45, 7) is 4.39. The van der Waals surface area contributed by atoms with E-state index in [1.807, 2.05) is 0 Å². The first kappa shape index (κ1) is 9.90. The molecule has 0 heteroatoms. The molecule has 0 nitrogen and oxygen atoms in total. The van der Waals surface area contributed by atoms with Crippen LogP contribution in [0.15, 0.2) is 48.5 Å². The Morgan fingerprint density at radius 1 is 0.611 bits per heavy atom. The van der Waals surface area contributed by atoms with Crippen LogP contribution in [0.2, 0.25) is 0 Å². The molecule has 0 bridgehead atoms. The van der Waals surface area contributed by atoms with Gasteiger partial charge in [-0.05, 0) is 58.0 Å². The molecule has 0 aromatic heterocycles. The van der Waals surface area contributed by atoms with E-state index in [2.05, 4.69) is 62.4 Å². The summed E-state index contributed by atoms with van der Waals surface area (Å²) in [6, 6.07) is 17.9. The Labute approximate surface area is 107 Å². The van der Waals surface area contributed by atoms with Crippen LogP contribution in [-0.2, 0) is 0 Å². The van der Waals surface area contributed by atoms with Crippen molar-refractivity contribution >= 4 is 10.8 Å². The number of aryl methyl sites for hydroxylation is 2. The maximum absolute atomic E-state index is 2.33. The lowest BCUT2D eigenvalue weighted by Gasteiger charge is -2.06. The molecule has 0 amide bonds. The smallest absolute Gasteiger partial charge is 0.00264 e. The molecule has 0 radical (unpaired) electrons. The summed E-state index contributed by atoms with van der Waals surface area (Å²) in [5.41, 5.74) is 8.31. The molecule has 3 aromatic carbocycles. The van der Waals surface area contributed by atoms with Gasteiger partial charge in [-0.1, -0.05) is 48.5 Å². The summed E-state index contributed by atoms with van der Waals surface area (Å²) in [5, 5.41) is 2.76. The Bertz CT molecular complexity index is 731. The minimum atomic E-state index is 1.34. The number of benzene rings is 3. The molecule has 0 saturated carbocycles. The van der Waals surface area contributed by atoms with E-state index < -0.39 is 0 Å². The van der Waals surface area contributed by atoms with Gasteiger partial charge in [-0.25, -0.2) is 0 Å². The van der Waals surface area contributed by atoms with Crippen molar-refractivity contribution in [1.29, 1.82) is 0 Å². The van der Waals surface area contributed by atoms with Crippen LogP contribution in [0.1, 0.15) is 11.1 Å². The molecular weight excluding hydrogens is 216 g/mol. The van der Waals surface area contributed by atoms with Crippen LogP contribution in [-0.4, -0.2) is 0 Å². The molecular formula is C18H14. The molecule has 0 heterocycles. The van der Waals surface area contributed by atoms with Crippen LogP contribution in [0.4, 0.5) is 0 Å². The Morgan fingerprint density at radius 2 is 1.11 bits per heavy atom. The molecule has 0 fully saturated rings. The Kier molecular flexibility index (Phi) is 1.78. The molecule has 0 saturated heterocycles. The van der Waals surface area contributed by atoms with Crippen molar-refractivity contribution in [2.45, 2.75) is 13.8 Å². The van der Waals surface area contributed by atoms with Gasteiger partial charge in [0.15, 0.2) is 0 Å². The molecule has 1 aliphatic rings. The third-order valence-electron chi connectivity index (χ3n) is 4.12. The highest BCUT2D eigenvalue weighted by Crippen LogP contribution is 2.47. The van der Waals surface area contributed by atoms with Crippen LogP contribution in [0.25, 0.3) is 33.0 Å². The van der Waals surface area contributed by atoms with E-state index in [0.29, 0.717) is 0 Å². The number of hydrogen-bond donors (Lipinski definition) is 0. The van der Waals surface area contributed by atoms with Gasteiger partial charge in [0.05, 0.1) is 0 Å². The number of fused-ring (bicyclic) bond motifs is 3. The van der Waals surface area contributed by atoms with E-state index in [1.165, 1.54) is 44.2 Å². The van der Waals surface area contributed by atoms with Gasteiger partial charge < -0.3 is 0 Å². The fourth-order valence-electron chi connectivity index (χ4n) is 3.05. The molecule has 0 spiro atoms. The molecule has 0 unspecified atom stereocenters. The number of rotatable bonds is 0. The van der Waals surface area contributed by atoms with Gasteiger partial charge in [0.1, 0.15) is 0 Å². The van der Waals surface area contributed by atoms with Crippen LogP contribution >= 0.6 is 0 Å². The summed E-state index contributed by atoms with van der Waals surface area (Å²) in [4.78, 5) is 0. The van der Waals surface area contributed by atoms with E-state index >= 15 is 0 Å². The second-order valence-electron chi connectivity index (χ2n) is 5.19. The first-order valence-electron chi connectivity index (χ1n) is 6.39. The molecule has 0 aliphatic heterocycles. The minimum Gasteiger partial charge on any atom is -0.0610 e. The van der Waals surface area contributed by atoms with Gasteiger partial charge in [0, 0.05) is 0 Å². The molecule has 3 aromatic rings. The first-order chi connectivity index (χ1) is 8.75. The minimum absolute atomic E-state index is 1.34. The van der Waals surface area contributed by atoms with Crippen molar-refractivity contribution < 1.29 is 0 Å². The zero-order valence-corrected chi connectivity index (χ0v) is 10.6. The first-order valence-corrected chi connectivity index (χ1v) is 6.39. The third kappa shape index (κ3) is 1.10. The van der Waals surface area contributed by atoms with E-state index in [0.717, 1.165) is 0 Å². The van der Waals surface area contributed by atoms with Crippen molar-refractivity contribution in [3.8, 4) is 22.3 Å². The Hall–Kier alpha value is -2.08. The van der Waals surface area contributed by atoms with Gasteiger partial charge in [-0.15, -0.1) is 0 Å². The quantitative estimate of drug-likeness (QED) is 0.394. The second kappa shape index (κ2) is 3.23. The lowest BCUT2D eigenvalue weighted by molar-refractivity contribution is 1.35. The van der Waals surface area contributed by atoms with Gasteiger partial charge in [0.2, 0.25) is 0 Å². The SMILES string of the molecule is Cc1cc2c(cc1C)-c1cccc3cccc-2c13. The van der Waals surface area contributed by atoms with Crippen molar-refractivity contribution in [3.63, 3.8) is 0 Å². The molecule has 0 atom stereocenters. The van der Waals surface area contributed by atoms with E-state index in [4.69, 9.17) is 0 Å². The molecule has 4 rings (SSSR count). The Morgan fingerprint density at radius 3 is 1.61 bits per heavy atom. The monoisotopic (exact) mass is 230 g/mol. The second-order valence-corrected chi connectivity index (χ2v) is 5.19. The van der Waals surface area contributed by atoms with Crippen LogP contribution in [0.3, 0.4) is 0 Å². The molecule has 86 valence electrons.